The van der Waals surface area contributed by atoms with E-state index in [2.05, 4.69) is 61.0 Å². The average molecular weight is 398 g/mol. The summed E-state index contributed by atoms with van der Waals surface area (Å²) in [5.41, 5.74) is 0. The zero-order valence-corrected chi connectivity index (χ0v) is 14.5. The molecule has 0 amide bonds. The van der Waals surface area contributed by atoms with Crippen LogP contribution >= 0.6 is 31.9 Å². The molecule has 1 saturated heterocycles. The second kappa shape index (κ2) is 6.44. The molecule has 1 atom stereocenters. The van der Waals surface area contributed by atoms with Gasteiger partial charge in [0, 0.05) is 39.4 Å². The number of anilines is 1. The van der Waals surface area contributed by atoms with Crippen LogP contribution in [0.2, 0.25) is 0 Å². The molecule has 1 unspecified atom stereocenters. The summed E-state index contributed by atoms with van der Waals surface area (Å²) in [7, 11) is 0. The van der Waals surface area contributed by atoms with E-state index >= 15 is 0 Å². The fourth-order valence-corrected chi connectivity index (χ4v) is 4.11. The summed E-state index contributed by atoms with van der Waals surface area (Å²) in [6.45, 7) is 1.12. The Morgan fingerprint density at radius 2 is 2.10 bits per heavy atom. The van der Waals surface area contributed by atoms with Crippen LogP contribution in [0.5, 0.6) is 0 Å². The van der Waals surface area contributed by atoms with Crippen LogP contribution in [-0.4, -0.2) is 22.9 Å². The fraction of sp³-hybridized carbons (Fsp3) is 0.438. The molecule has 1 aliphatic heterocycles. The molecular weight excluding hydrogens is 380 g/mol. The van der Waals surface area contributed by atoms with Gasteiger partial charge in [-0.25, -0.2) is 4.98 Å². The number of alkyl halides is 1. The first-order chi connectivity index (χ1) is 9.81. The topological polar surface area (TPSA) is 16.1 Å². The van der Waals surface area contributed by atoms with Crippen molar-refractivity contribution in [1.29, 1.82) is 0 Å². The Morgan fingerprint density at radius 1 is 1.20 bits per heavy atom. The molecular formula is C16H18Br2N2. The summed E-state index contributed by atoms with van der Waals surface area (Å²) in [6.07, 6.45) is 7.00. The SMILES string of the molecule is BrCCC1CCCCN1c1nccc2c(Br)cccc12. The van der Waals surface area contributed by atoms with E-state index in [4.69, 9.17) is 4.98 Å². The molecule has 3 rings (SSSR count). The number of piperidine rings is 1. The highest BCUT2D eigenvalue weighted by atomic mass is 79.9. The number of nitrogens with zero attached hydrogens (tertiary/aromatic N) is 2. The Balaban J connectivity index is 2.06. The minimum Gasteiger partial charge on any atom is -0.353 e. The third-order valence-electron chi connectivity index (χ3n) is 4.07. The highest BCUT2D eigenvalue weighted by molar-refractivity contribution is 9.10. The smallest absolute Gasteiger partial charge is 0.136 e. The highest BCUT2D eigenvalue weighted by Gasteiger charge is 2.24. The van der Waals surface area contributed by atoms with E-state index in [9.17, 15) is 0 Å². The predicted octanol–water partition coefficient (Wildman–Crippen LogP) is 5.14. The molecule has 20 heavy (non-hydrogen) atoms. The third kappa shape index (κ3) is 2.73. The van der Waals surface area contributed by atoms with Crippen molar-refractivity contribution in [2.24, 2.45) is 0 Å². The van der Waals surface area contributed by atoms with Crippen LogP contribution in [0.15, 0.2) is 34.9 Å². The van der Waals surface area contributed by atoms with E-state index in [1.165, 1.54) is 36.5 Å². The normalized spacial score (nSPS) is 19.5. The summed E-state index contributed by atoms with van der Waals surface area (Å²) >= 11 is 7.24. The first-order valence-electron chi connectivity index (χ1n) is 7.17. The van der Waals surface area contributed by atoms with Gasteiger partial charge in [0.05, 0.1) is 0 Å². The number of rotatable bonds is 3. The lowest BCUT2D eigenvalue weighted by Gasteiger charge is -2.37. The van der Waals surface area contributed by atoms with Crippen LogP contribution in [0.4, 0.5) is 5.82 Å². The van der Waals surface area contributed by atoms with Crippen LogP contribution < -0.4 is 4.90 Å². The quantitative estimate of drug-likeness (QED) is 0.666. The van der Waals surface area contributed by atoms with E-state index in [0.717, 1.165) is 22.2 Å². The number of aromatic nitrogens is 1. The summed E-state index contributed by atoms with van der Waals surface area (Å²) < 4.78 is 1.15. The van der Waals surface area contributed by atoms with Gasteiger partial charge in [0.1, 0.15) is 5.82 Å². The zero-order chi connectivity index (χ0) is 13.9. The van der Waals surface area contributed by atoms with Crippen molar-refractivity contribution in [1.82, 2.24) is 4.98 Å². The summed E-state index contributed by atoms with van der Waals surface area (Å²) in [4.78, 5) is 7.21. The van der Waals surface area contributed by atoms with Gasteiger partial charge in [-0.05, 0) is 37.8 Å². The molecule has 4 heteroatoms. The van der Waals surface area contributed by atoms with E-state index < -0.39 is 0 Å². The highest BCUT2D eigenvalue weighted by Crippen LogP contribution is 2.33. The third-order valence-corrected chi connectivity index (χ3v) is 5.22. The van der Waals surface area contributed by atoms with Crippen molar-refractivity contribution in [3.05, 3.63) is 34.9 Å². The van der Waals surface area contributed by atoms with Crippen molar-refractivity contribution in [2.45, 2.75) is 31.7 Å². The number of fused-ring (bicyclic) bond motifs is 1. The van der Waals surface area contributed by atoms with Crippen molar-refractivity contribution < 1.29 is 0 Å². The Kier molecular flexibility index (Phi) is 4.61. The van der Waals surface area contributed by atoms with Gasteiger partial charge in [-0.2, -0.15) is 0 Å². The van der Waals surface area contributed by atoms with Gasteiger partial charge in [-0.3, -0.25) is 0 Å². The molecule has 0 N–H and O–H groups in total. The van der Waals surface area contributed by atoms with Crippen LogP contribution in [0.3, 0.4) is 0 Å². The predicted molar refractivity (Wildman–Crippen MR) is 92.8 cm³/mol. The largest absolute Gasteiger partial charge is 0.353 e. The van der Waals surface area contributed by atoms with Gasteiger partial charge in [0.25, 0.3) is 0 Å². The number of hydrogen-bond donors (Lipinski definition) is 0. The van der Waals surface area contributed by atoms with E-state index in [1.807, 2.05) is 6.20 Å². The lowest BCUT2D eigenvalue weighted by atomic mass is 9.99. The maximum atomic E-state index is 4.69. The molecule has 1 aliphatic rings. The minimum absolute atomic E-state index is 0.611. The lowest BCUT2D eigenvalue weighted by Crippen LogP contribution is -2.40. The van der Waals surface area contributed by atoms with E-state index in [0.29, 0.717) is 6.04 Å². The number of pyridine rings is 1. The molecule has 1 aromatic heterocycles. The standard InChI is InChI=1S/C16H18Br2N2/c17-9-7-12-4-1-2-11-20(12)16-14-5-3-6-15(18)13(14)8-10-19-16/h3,5-6,8,10,12H,1-2,4,7,9,11H2. The molecule has 0 radical (unpaired) electrons. The van der Waals surface area contributed by atoms with Crippen molar-refractivity contribution in [3.63, 3.8) is 0 Å². The first kappa shape index (κ1) is 14.3. The van der Waals surface area contributed by atoms with E-state index in [1.54, 1.807) is 0 Å². The molecule has 0 saturated carbocycles. The van der Waals surface area contributed by atoms with Crippen molar-refractivity contribution in [3.8, 4) is 0 Å². The summed E-state index contributed by atoms with van der Waals surface area (Å²) in [6, 6.07) is 9.08. The molecule has 0 spiro atoms. The summed E-state index contributed by atoms with van der Waals surface area (Å²) in [5.74, 6) is 1.15. The average Bonchev–Trinajstić information content (AvgIpc) is 2.48. The maximum Gasteiger partial charge on any atom is 0.136 e. The minimum atomic E-state index is 0.611. The Morgan fingerprint density at radius 3 is 2.95 bits per heavy atom. The van der Waals surface area contributed by atoms with Crippen LogP contribution in [-0.2, 0) is 0 Å². The lowest BCUT2D eigenvalue weighted by molar-refractivity contribution is 0.450. The van der Waals surface area contributed by atoms with Gasteiger partial charge < -0.3 is 4.90 Å². The monoisotopic (exact) mass is 396 g/mol. The number of halogens is 2. The Hall–Kier alpha value is -0.610. The van der Waals surface area contributed by atoms with Gasteiger partial charge in [-0.1, -0.05) is 44.0 Å². The van der Waals surface area contributed by atoms with Crippen LogP contribution in [0, 0.1) is 0 Å². The maximum absolute atomic E-state index is 4.69. The summed E-state index contributed by atoms with van der Waals surface area (Å²) in [5, 5.41) is 3.56. The van der Waals surface area contributed by atoms with Gasteiger partial charge >= 0.3 is 0 Å². The molecule has 2 nitrogen and oxygen atoms in total. The second-order valence-electron chi connectivity index (χ2n) is 5.29. The number of benzene rings is 1. The van der Waals surface area contributed by atoms with Crippen LogP contribution in [0.1, 0.15) is 25.7 Å². The second-order valence-corrected chi connectivity index (χ2v) is 6.94. The van der Waals surface area contributed by atoms with Crippen molar-refractivity contribution >= 4 is 48.5 Å². The van der Waals surface area contributed by atoms with E-state index in [-0.39, 0.29) is 0 Å². The molecule has 2 heterocycles. The molecule has 1 aromatic carbocycles. The molecule has 1 fully saturated rings. The molecule has 106 valence electrons. The van der Waals surface area contributed by atoms with Gasteiger partial charge in [-0.15, -0.1) is 0 Å². The number of hydrogen-bond acceptors (Lipinski definition) is 2. The molecule has 0 aliphatic carbocycles. The Labute approximate surface area is 136 Å². The fourth-order valence-electron chi connectivity index (χ4n) is 3.09. The molecule has 2 aromatic rings. The van der Waals surface area contributed by atoms with Crippen LogP contribution in [0.25, 0.3) is 10.8 Å². The first-order valence-corrected chi connectivity index (χ1v) is 9.08. The van der Waals surface area contributed by atoms with Crippen molar-refractivity contribution in [2.75, 3.05) is 16.8 Å². The van der Waals surface area contributed by atoms with Gasteiger partial charge in [0.15, 0.2) is 0 Å². The zero-order valence-electron chi connectivity index (χ0n) is 11.4. The van der Waals surface area contributed by atoms with Gasteiger partial charge in [0.2, 0.25) is 0 Å². The Bertz CT molecular complexity index is 598. The molecule has 0 bridgehead atoms.